The quantitative estimate of drug-likeness (QED) is 0.307. The van der Waals surface area contributed by atoms with Crippen molar-refractivity contribution >= 4 is 17.3 Å². The SMILES string of the molecule is CC.O=C(NCC1CC1)C1=CN2C3=C(C=C4CC(=C3)Oc3ccccc34)OC3CC2C(=CC(F)=C3NCCCN2CCOCC2)C1=O. The second-order valence-corrected chi connectivity index (χ2v) is 12.7. The molecule has 2 N–H and O–H groups in total. The normalized spacial score (nSPS) is 24.7. The number of benzene rings is 1. The van der Waals surface area contributed by atoms with Gasteiger partial charge in [-0.1, -0.05) is 32.0 Å². The molecular formula is C37H43FN4O5. The van der Waals surface area contributed by atoms with Crippen LogP contribution in [0.5, 0.6) is 5.75 Å². The van der Waals surface area contributed by atoms with Crippen LogP contribution in [0.3, 0.4) is 0 Å². The van der Waals surface area contributed by atoms with Gasteiger partial charge in [0, 0.05) is 62.4 Å². The Morgan fingerprint density at radius 2 is 1.89 bits per heavy atom. The molecule has 4 bridgehead atoms. The zero-order chi connectivity index (χ0) is 32.5. The number of amides is 1. The summed E-state index contributed by atoms with van der Waals surface area (Å²) in [7, 11) is 0. The number of morpholine rings is 1. The highest BCUT2D eigenvalue weighted by atomic mass is 19.1. The largest absolute Gasteiger partial charge is 0.482 e. The highest BCUT2D eigenvalue weighted by Crippen LogP contribution is 2.45. The number of nitrogens with zero attached hydrogens (tertiary/aromatic N) is 2. The Kier molecular flexibility index (Phi) is 9.05. The first-order chi connectivity index (χ1) is 23.0. The summed E-state index contributed by atoms with van der Waals surface area (Å²) in [6.45, 7) is 9.21. The van der Waals surface area contributed by atoms with Gasteiger partial charge in [-0.05, 0) is 55.5 Å². The molecule has 3 aliphatic carbocycles. The van der Waals surface area contributed by atoms with E-state index in [1.165, 1.54) is 6.08 Å². The number of fused-ring (bicyclic) bond motifs is 6. The fourth-order valence-electron chi connectivity index (χ4n) is 6.94. The van der Waals surface area contributed by atoms with Crippen molar-refractivity contribution in [3.8, 4) is 5.75 Å². The summed E-state index contributed by atoms with van der Waals surface area (Å²) in [6.07, 6.45) is 10.1. The van der Waals surface area contributed by atoms with Gasteiger partial charge in [-0.3, -0.25) is 14.5 Å². The second kappa shape index (κ2) is 13.5. The molecule has 4 heterocycles. The second-order valence-electron chi connectivity index (χ2n) is 12.7. The minimum absolute atomic E-state index is 0.000599. The first-order valence-corrected chi connectivity index (χ1v) is 17.1. The predicted octanol–water partition coefficient (Wildman–Crippen LogP) is 4.87. The summed E-state index contributed by atoms with van der Waals surface area (Å²) in [5.74, 6) is 1.08. The molecule has 8 rings (SSSR count). The molecule has 1 amide bonds. The van der Waals surface area contributed by atoms with Crippen LogP contribution in [0.2, 0.25) is 0 Å². The monoisotopic (exact) mass is 642 g/mol. The van der Waals surface area contributed by atoms with Crippen LogP contribution in [0.4, 0.5) is 4.39 Å². The van der Waals surface area contributed by atoms with Crippen LogP contribution in [0.1, 0.15) is 51.5 Å². The van der Waals surface area contributed by atoms with Gasteiger partial charge in [0.25, 0.3) is 5.91 Å². The van der Waals surface area contributed by atoms with E-state index in [0.29, 0.717) is 49.0 Å². The number of ketones is 1. The number of Topliss-reactive ketones (excluding diaryl/α,β-unsaturated/α-hetero) is 1. The van der Waals surface area contributed by atoms with Crippen molar-refractivity contribution in [1.82, 2.24) is 20.4 Å². The highest BCUT2D eigenvalue weighted by Gasteiger charge is 2.45. The third kappa shape index (κ3) is 6.41. The molecule has 9 nitrogen and oxygen atoms in total. The topological polar surface area (TPSA) is 92.4 Å². The Bertz CT molecular complexity index is 1630. The van der Waals surface area contributed by atoms with Crippen LogP contribution in [0.15, 0.2) is 88.6 Å². The molecule has 248 valence electrons. The summed E-state index contributed by atoms with van der Waals surface area (Å²) in [5, 5.41) is 6.28. The molecule has 0 aromatic heterocycles. The number of halogens is 1. The van der Waals surface area contributed by atoms with E-state index in [1.807, 2.05) is 55.2 Å². The number of hydrogen-bond acceptors (Lipinski definition) is 8. The molecule has 1 saturated carbocycles. The van der Waals surface area contributed by atoms with E-state index in [4.69, 9.17) is 14.2 Å². The van der Waals surface area contributed by atoms with E-state index < -0.39 is 29.7 Å². The maximum Gasteiger partial charge on any atom is 0.256 e. The van der Waals surface area contributed by atoms with Crippen molar-refractivity contribution in [1.29, 1.82) is 0 Å². The number of ether oxygens (including phenoxy) is 3. The highest BCUT2D eigenvalue weighted by molar-refractivity contribution is 6.26. The third-order valence-electron chi connectivity index (χ3n) is 9.57. The number of rotatable bonds is 8. The molecule has 2 unspecified atom stereocenters. The number of hydrogen-bond donors (Lipinski definition) is 2. The molecule has 1 aromatic rings. The molecular weight excluding hydrogens is 599 g/mol. The molecule has 1 aromatic carbocycles. The number of para-hydroxylation sites is 1. The minimum Gasteiger partial charge on any atom is -0.482 e. The van der Waals surface area contributed by atoms with Gasteiger partial charge in [0.15, 0.2) is 5.78 Å². The third-order valence-corrected chi connectivity index (χ3v) is 9.57. The van der Waals surface area contributed by atoms with Crippen molar-refractivity contribution in [3.63, 3.8) is 0 Å². The summed E-state index contributed by atoms with van der Waals surface area (Å²) in [4.78, 5) is 31.5. The fraction of sp³-hybridized carbons (Fsp3) is 0.459. The van der Waals surface area contributed by atoms with Crippen molar-refractivity contribution in [3.05, 3.63) is 94.1 Å². The van der Waals surface area contributed by atoms with Gasteiger partial charge in [0.05, 0.1) is 30.6 Å². The average molecular weight is 643 g/mol. The lowest BCUT2D eigenvalue weighted by Gasteiger charge is -2.35. The Balaban J connectivity index is 0.00000172. The van der Waals surface area contributed by atoms with E-state index in [2.05, 4.69) is 15.5 Å². The number of nitrogens with one attached hydrogen (secondary N) is 2. The van der Waals surface area contributed by atoms with Gasteiger partial charge in [-0.25, -0.2) is 4.39 Å². The molecule has 47 heavy (non-hydrogen) atoms. The zero-order valence-electron chi connectivity index (χ0n) is 27.1. The summed E-state index contributed by atoms with van der Waals surface area (Å²) < 4.78 is 34.7. The van der Waals surface area contributed by atoms with E-state index in [1.54, 1.807) is 6.20 Å². The van der Waals surface area contributed by atoms with E-state index >= 15 is 4.39 Å². The van der Waals surface area contributed by atoms with Gasteiger partial charge in [0.2, 0.25) is 0 Å². The van der Waals surface area contributed by atoms with Crippen molar-refractivity contribution in [2.45, 2.75) is 58.1 Å². The van der Waals surface area contributed by atoms with Crippen LogP contribution in [0, 0.1) is 5.92 Å². The molecule has 4 aliphatic heterocycles. The lowest BCUT2D eigenvalue weighted by Crippen LogP contribution is -2.43. The maximum atomic E-state index is 16.2. The van der Waals surface area contributed by atoms with Crippen molar-refractivity contribution in [2.75, 3.05) is 45.9 Å². The standard InChI is InChI=1S/C35H37FN4O5.C2H6/c36-27-17-25-28-18-32(33(27)37-8-3-9-39-10-12-43-13-11-39)45-31-15-22-14-23(44-30-5-2-1-4-24(22)30)16-29(31)40(28)20-26(34(25)41)35(42)38-19-21-6-7-21;1-2/h1-2,4-5,15-17,20-21,28,32,37H,3,6-14,18-19H2,(H,38,42);1-2H3. The van der Waals surface area contributed by atoms with Gasteiger partial charge >= 0.3 is 0 Å². The molecule has 2 fully saturated rings. The lowest BCUT2D eigenvalue weighted by molar-refractivity contribution is -0.122. The number of carbonyl (C=O) groups is 2. The molecule has 2 atom stereocenters. The molecule has 0 radical (unpaired) electrons. The van der Waals surface area contributed by atoms with E-state index in [0.717, 1.165) is 74.8 Å². The van der Waals surface area contributed by atoms with Gasteiger partial charge < -0.3 is 29.7 Å². The van der Waals surface area contributed by atoms with Crippen molar-refractivity contribution in [2.24, 2.45) is 5.92 Å². The summed E-state index contributed by atoms with van der Waals surface area (Å²) >= 11 is 0. The van der Waals surface area contributed by atoms with Crippen LogP contribution in [0.25, 0.3) is 5.57 Å². The smallest absolute Gasteiger partial charge is 0.256 e. The Labute approximate surface area is 275 Å². The number of carbonyl (C=O) groups excluding carboxylic acids is 2. The Morgan fingerprint density at radius 3 is 2.70 bits per heavy atom. The maximum absolute atomic E-state index is 16.2. The van der Waals surface area contributed by atoms with Gasteiger partial charge in [-0.15, -0.1) is 0 Å². The molecule has 7 aliphatic rings. The van der Waals surface area contributed by atoms with Crippen molar-refractivity contribution < 1.29 is 28.2 Å². The van der Waals surface area contributed by atoms with Crippen LogP contribution in [-0.2, 0) is 19.1 Å². The first kappa shape index (κ1) is 31.4. The fourth-order valence-corrected chi connectivity index (χ4v) is 6.94. The van der Waals surface area contributed by atoms with E-state index in [-0.39, 0.29) is 11.1 Å². The molecule has 0 spiro atoms. The zero-order valence-corrected chi connectivity index (χ0v) is 27.1. The summed E-state index contributed by atoms with van der Waals surface area (Å²) in [5.41, 5.74) is 3.27. The van der Waals surface area contributed by atoms with E-state index in [9.17, 15) is 9.59 Å². The average Bonchev–Trinajstić information content (AvgIpc) is 3.95. The van der Waals surface area contributed by atoms with Gasteiger partial charge in [0.1, 0.15) is 34.8 Å². The van der Waals surface area contributed by atoms with Gasteiger partial charge in [-0.2, -0.15) is 0 Å². The summed E-state index contributed by atoms with van der Waals surface area (Å²) in [6, 6.07) is 7.35. The first-order valence-electron chi connectivity index (χ1n) is 17.1. The Morgan fingerprint density at radius 1 is 1.09 bits per heavy atom. The number of allylic oxidation sites excluding steroid dienone is 5. The molecule has 10 heteroatoms. The molecule has 1 saturated heterocycles. The van der Waals surface area contributed by atoms with Crippen LogP contribution < -0.4 is 15.4 Å². The Hall–Kier alpha value is -4.15. The van der Waals surface area contributed by atoms with Crippen LogP contribution in [-0.4, -0.2) is 79.6 Å². The van der Waals surface area contributed by atoms with Crippen LogP contribution >= 0.6 is 0 Å². The minimum atomic E-state index is -0.669. The lowest BCUT2D eigenvalue weighted by atomic mass is 9.89. The predicted molar refractivity (Wildman–Crippen MR) is 176 cm³/mol.